The zero-order valence-corrected chi connectivity index (χ0v) is 14.8. The molecule has 3 aromatic rings. The second-order valence-electron chi connectivity index (χ2n) is 6.50. The van der Waals surface area contributed by atoms with Crippen molar-refractivity contribution in [3.05, 3.63) is 41.4 Å². The molecule has 7 heteroatoms. The van der Waals surface area contributed by atoms with Gasteiger partial charge in [0.15, 0.2) is 5.82 Å². The summed E-state index contributed by atoms with van der Waals surface area (Å²) >= 11 is 6.32. The fourth-order valence-corrected chi connectivity index (χ4v) is 3.51. The fraction of sp³-hybridized carbons (Fsp3) is 0.389. The Labute approximate surface area is 151 Å². The van der Waals surface area contributed by atoms with Crippen molar-refractivity contribution in [1.29, 1.82) is 0 Å². The number of halogens is 1. The predicted octanol–water partition coefficient (Wildman–Crippen LogP) is 4.00. The monoisotopic (exact) mass is 356 g/mol. The van der Waals surface area contributed by atoms with E-state index in [1.165, 1.54) is 0 Å². The Bertz CT molecular complexity index is 877. The zero-order chi connectivity index (χ0) is 17.2. The van der Waals surface area contributed by atoms with Gasteiger partial charge in [0.2, 0.25) is 0 Å². The summed E-state index contributed by atoms with van der Waals surface area (Å²) in [5.74, 6) is 1.90. The van der Waals surface area contributed by atoms with E-state index in [1.54, 1.807) is 12.4 Å². The highest BCUT2D eigenvalue weighted by Crippen LogP contribution is 2.30. The number of anilines is 2. The molecule has 0 saturated carbocycles. The average molecular weight is 357 g/mol. The Kier molecular flexibility index (Phi) is 4.55. The van der Waals surface area contributed by atoms with Crippen molar-refractivity contribution in [2.75, 3.05) is 11.9 Å². The van der Waals surface area contributed by atoms with Crippen LogP contribution in [0.15, 0.2) is 30.6 Å². The van der Waals surface area contributed by atoms with Gasteiger partial charge in [0.25, 0.3) is 0 Å². The maximum atomic E-state index is 6.32. The number of aromatic amines is 1. The normalized spacial score (nSPS) is 20.7. The van der Waals surface area contributed by atoms with E-state index in [-0.39, 0.29) is 0 Å². The number of piperidine rings is 1. The Morgan fingerprint density at radius 1 is 1.32 bits per heavy atom. The molecule has 3 N–H and O–H groups in total. The number of hydrogen-bond acceptors (Lipinski definition) is 5. The highest BCUT2D eigenvalue weighted by atomic mass is 35.5. The van der Waals surface area contributed by atoms with Crippen molar-refractivity contribution in [3.63, 3.8) is 0 Å². The van der Waals surface area contributed by atoms with Crippen molar-refractivity contribution in [2.24, 2.45) is 0 Å². The Hall–Kier alpha value is -2.18. The molecule has 3 heterocycles. The summed E-state index contributed by atoms with van der Waals surface area (Å²) in [6.07, 6.45) is 6.75. The number of rotatable bonds is 4. The molecule has 2 aromatic heterocycles. The molecule has 1 saturated heterocycles. The second-order valence-corrected chi connectivity index (χ2v) is 6.91. The third-order valence-electron chi connectivity index (χ3n) is 4.82. The third-order valence-corrected chi connectivity index (χ3v) is 5.10. The van der Waals surface area contributed by atoms with Crippen LogP contribution in [0, 0.1) is 0 Å². The molecule has 2 unspecified atom stereocenters. The van der Waals surface area contributed by atoms with Crippen LogP contribution < -0.4 is 10.6 Å². The van der Waals surface area contributed by atoms with Gasteiger partial charge in [-0.2, -0.15) is 5.10 Å². The van der Waals surface area contributed by atoms with E-state index >= 15 is 0 Å². The third kappa shape index (κ3) is 3.45. The van der Waals surface area contributed by atoms with Crippen LogP contribution in [0.4, 0.5) is 11.5 Å². The number of nitrogens with one attached hydrogen (secondary N) is 3. The van der Waals surface area contributed by atoms with Crippen molar-refractivity contribution in [1.82, 2.24) is 25.5 Å². The minimum atomic E-state index is 0.375. The van der Waals surface area contributed by atoms with Gasteiger partial charge in [-0.05, 0) is 44.0 Å². The van der Waals surface area contributed by atoms with Crippen LogP contribution in [-0.2, 0) is 0 Å². The fourth-order valence-electron chi connectivity index (χ4n) is 3.37. The lowest BCUT2D eigenvalue weighted by Crippen LogP contribution is -2.37. The van der Waals surface area contributed by atoms with E-state index in [0.29, 0.717) is 22.8 Å². The summed E-state index contributed by atoms with van der Waals surface area (Å²) in [7, 11) is 0. The quantitative estimate of drug-likeness (QED) is 0.658. The van der Waals surface area contributed by atoms with Gasteiger partial charge in [-0.15, -0.1) is 0 Å². The first-order valence-electron chi connectivity index (χ1n) is 8.69. The molecule has 0 radical (unpaired) electrons. The van der Waals surface area contributed by atoms with E-state index in [4.69, 9.17) is 16.6 Å². The zero-order valence-electron chi connectivity index (χ0n) is 14.1. The van der Waals surface area contributed by atoms with Gasteiger partial charge in [-0.1, -0.05) is 18.5 Å². The lowest BCUT2D eigenvalue weighted by Gasteiger charge is -2.29. The largest absolute Gasteiger partial charge is 0.339 e. The topological polar surface area (TPSA) is 78.5 Å². The SMILES string of the molecule is CCC1CC(c2ncc(Cl)c(Nc3ccc4[nH]ncc4c3)n2)CCN1. The van der Waals surface area contributed by atoms with Crippen LogP contribution >= 0.6 is 11.6 Å². The molecular formula is C18H21ClN6. The first kappa shape index (κ1) is 16.3. The first-order valence-corrected chi connectivity index (χ1v) is 9.06. The molecule has 1 aliphatic rings. The van der Waals surface area contributed by atoms with Crippen LogP contribution in [0.5, 0.6) is 0 Å². The van der Waals surface area contributed by atoms with Crippen LogP contribution in [0.1, 0.15) is 37.9 Å². The van der Waals surface area contributed by atoms with Gasteiger partial charge in [0.05, 0.1) is 17.9 Å². The van der Waals surface area contributed by atoms with Crippen molar-refractivity contribution >= 4 is 34.0 Å². The van der Waals surface area contributed by atoms with Crippen molar-refractivity contribution < 1.29 is 0 Å². The minimum absolute atomic E-state index is 0.375. The van der Waals surface area contributed by atoms with Crippen LogP contribution in [-0.4, -0.2) is 32.8 Å². The molecule has 0 spiro atoms. The van der Waals surface area contributed by atoms with E-state index in [2.05, 4.69) is 32.7 Å². The molecule has 1 fully saturated rings. The van der Waals surface area contributed by atoms with Gasteiger partial charge in [0.1, 0.15) is 10.8 Å². The van der Waals surface area contributed by atoms with Gasteiger partial charge < -0.3 is 10.6 Å². The van der Waals surface area contributed by atoms with Crippen LogP contribution in [0.25, 0.3) is 10.9 Å². The van der Waals surface area contributed by atoms with E-state index in [0.717, 1.165) is 48.2 Å². The molecule has 130 valence electrons. The highest BCUT2D eigenvalue weighted by Gasteiger charge is 2.24. The molecular weight excluding hydrogens is 336 g/mol. The number of fused-ring (bicyclic) bond motifs is 1. The molecule has 1 aliphatic heterocycles. The van der Waals surface area contributed by atoms with Crippen molar-refractivity contribution in [2.45, 2.75) is 38.1 Å². The molecule has 0 amide bonds. The lowest BCUT2D eigenvalue weighted by molar-refractivity contribution is 0.346. The van der Waals surface area contributed by atoms with Gasteiger partial charge >= 0.3 is 0 Å². The summed E-state index contributed by atoms with van der Waals surface area (Å²) in [5.41, 5.74) is 1.93. The minimum Gasteiger partial charge on any atom is -0.339 e. The molecule has 2 atom stereocenters. The van der Waals surface area contributed by atoms with E-state index in [1.807, 2.05) is 18.2 Å². The molecule has 6 nitrogen and oxygen atoms in total. The van der Waals surface area contributed by atoms with Gasteiger partial charge in [0, 0.05) is 23.0 Å². The molecule has 25 heavy (non-hydrogen) atoms. The molecule has 4 rings (SSSR count). The molecule has 0 aliphatic carbocycles. The summed E-state index contributed by atoms with van der Waals surface area (Å²) < 4.78 is 0. The molecule has 1 aromatic carbocycles. The number of nitrogens with zero attached hydrogens (tertiary/aromatic N) is 3. The lowest BCUT2D eigenvalue weighted by atomic mass is 9.90. The smallest absolute Gasteiger partial charge is 0.152 e. The maximum absolute atomic E-state index is 6.32. The Balaban J connectivity index is 1.58. The van der Waals surface area contributed by atoms with Crippen LogP contribution in [0.3, 0.4) is 0 Å². The predicted molar refractivity (Wildman–Crippen MR) is 100 cm³/mol. The summed E-state index contributed by atoms with van der Waals surface area (Å²) in [5, 5.41) is 15.4. The highest BCUT2D eigenvalue weighted by molar-refractivity contribution is 6.32. The van der Waals surface area contributed by atoms with Gasteiger partial charge in [-0.3, -0.25) is 5.10 Å². The Morgan fingerprint density at radius 2 is 2.24 bits per heavy atom. The Morgan fingerprint density at radius 3 is 3.12 bits per heavy atom. The number of aromatic nitrogens is 4. The number of benzene rings is 1. The van der Waals surface area contributed by atoms with Crippen LogP contribution in [0.2, 0.25) is 5.02 Å². The van der Waals surface area contributed by atoms with Gasteiger partial charge in [-0.25, -0.2) is 9.97 Å². The summed E-state index contributed by atoms with van der Waals surface area (Å²) in [6, 6.07) is 6.53. The summed E-state index contributed by atoms with van der Waals surface area (Å²) in [4.78, 5) is 9.21. The standard InChI is InChI=1S/C18H21ClN6/c1-2-13-7-11(5-6-20-13)17-21-10-15(19)18(24-17)23-14-3-4-16-12(8-14)9-22-25-16/h3-4,8-11,13,20H,2,5-7H2,1H3,(H,22,25)(H,21,23,24). The molecule has 0 bridgehead atoms. The maximum Gasteiger partial charge on any atom is 0.152 e. The second kappa shape index (κ2) is 6.98. The number of H-pyrrole nitrogens is 1. The van der Waals surface area contributed by atoms with Crippen molar-refractivity contribution in [3.8, 4) is 0 Å². The average Bonchev–Trinajstić information content (AvgIpc) is 3.11. The first-order chi connectivity index (χ1) is 12.2. The van der Waals surface area contributed by atoms with E-state index in [9.17, 15) is 0 Å². The van der Waals surface area contributed by atoms with E-state index < -0.39 is 0 Å². The summed E-state index contributed by atoms with van der Waals surface area (Å²) in [6.45, 7) is 3.22. The number of hydrogen-bond donors (Lipinski definition) is 3.